The first kappa shape index (κ1) is 10.9. The summed E-state index contributed by atoms with van der Waals surface area (Å²) in [6.45, 7) is 0. The Morgan fingerprint density at radius 1 is 1.23 bits per heavy atom. The van der Waals surface area contributed by atoms with E-state index in [1.807, 2.05) is 0 Å². The van der Waals surface area contributed by atoms with E-state index in [0.717, 1.165) is 0 Å². The number of nitrogens with two attached hydrogens (primary N) is 1. The Bertz CT molecular complexity index is 203. The third-order valence-electron chi connectivity index (χ3n) is 3.69. The summed E-state index contributed by atoms with van der Waals surface area (Å²) in [5, 5.41) is 0. The predicted octanol–water partition coefficient (Wildman–Crippen LogP) is 2.34. The molecular weight excluding hydrogens is 182 g/mol. The zero-order valence-corrected chi connectivity index (χ0v) is 8.78. The van der Waals surface area contributed by atoms with Gasteiger partial charge in [-0.15, -0.1) is 24.8 Å². The van der Waals surface area contributed by atoms with Crippen LogP contribution in [-0.2, 0) is 0 Å². The minimum Gasteiger partial charge on any atom is -0.328 e. The fraction of sp³-hybridized carbons (Fsp3) is 0.818. The van der Waals surface area contributed by atoms with Crippen LogP contribution in [0.25, 0.3) is 0 Å². The van der Waals surface area contributed by atoms with Crippen molar-refractivity contribution in [3.63, 3.8) is 0 Å². The van der Waals surface area contributed by atoms with Gasteiger partial charge in [0.15, 0.2) is 0 Å². The second-order valence-corrected chi connectivity index (χ2v) is 4.61. The first-order chi connectivity index (χ1) is 5.74. The third-order valence-corrected chi connectivity index (χ3v) is 3.69. The molecule has 0 amide bonds. The van der Waals surface area contributed by atoms with Gasteiger partial charge in [0.25, 0.3) is 0 Å². The van der Waals surface area contributed by atoms with E-state index in [-0.39, 0.29) is 12.4 Å². The van der Waals surface area contributed by atoms with E-state index in [2.05, 4.69) is 5.92 Å². The molecule has 13 heavy (non-hydrogen) atoms. The van der Waals surface area contributed by atoms with Crippen LogP contribution in [0.1, 0.15) is 38.5 Å². The van der Waals surface area contributed by atoms with Crippen molar-refractivity contribution in [2.24, 2.45) is 17.1 Å². The molecule has 0 saturated heterocycles. The highest BCUT2D eigenvalue weighted by Crippen LogP contribution is 2.54. The topological polar surface area (TPSA) is 26.0 Å². The Morgan fingerprint density at radius 3 is 2.23 bits per heavy atom. The van der Waals surface area contributed by atoms with Crippen LogP contribution in [0.4, 0.5) is 0 Å². The monoisotopic (exact) mass is 199 g/mol. The average molecular weight is 200 g/mol. The third kappa shape index (κ3) is 2.00. The summed E-state index contributed by atoms with van der Waals surface area (Å²) in [5.74, 6) is 3.44. The van der Waals surface area contributed by atoms with Gasteiger partial charge < -0.3 is 5.73 Å². The molecule has 2 fully saturated rings. The Balaban J connectivity index is 0.000000845. The lowest BCUT2D eigenvalue weighted by atomic mass is 9.55. The SMILES string of the molecule is C#CC1CC2(CCC(N)CC2)C1.Cl. The molecular formula is C11H18ClN. The fourth-order valence-electron chi connectivity index (χ4n) is 2.76. The van der Waals surface area contributed by atoms with Gasteiger partial charge >= 0.3 is 0 Å². The van der Waals surface area contributed by atoms with Gasteiger partial charge in [-0.2, -0.15) is 0 Å². The van der Waals surface area contributed by atoms with Crippen LogP contribution >= 0.6 is 12.4 Å². The molecule has 2 aliphatic carbocycles. The molecule has 0 aliphatic heterocycles. The molecule has 0 heterocycles. The molecule has 0 aromatic heterocycles. The van der Waals surface area contributed by atoms with Crippen LogP contribution in [0.2, 0.25) is 0 Å². The van der Waals surface area contributed by atoms with Crippen molar-refractivity contribution in [3.8, 4) is 12.3 Å². The van der Waals surface area contributed by atoms with Gasteiger partial charge in [-0.05, 0) is 43.9 Å². The van der Waals surface area contributed by atoms with E-state index in [1.54, 1.807) is 0 Å². The van der Waals surface area contributed by atoms with Crippen molar-refractivity contribution < 1.29 is 0 Å². The van der Waals surface area contributed by atoms with Crippen molar-refractivity contribution in [2.75, 3.05) is 0 Å². The molecule has 0 radical (unpaired) electrons. The van der Waals surface area contributed by atoms with Gasteiger partial charge in [0.1, 0.15) is 0 Å². The van der Waals surface area contributed by atoms with E-state index in [4.69, 9.17) is 12.2 Å². The lowest BCUT2D eigenvalue weighted by molar-refractivity contribution is 0.0367. The quantitative estimate of drug-likeness (QED) is 0.596. The van der Waals surface area contributed by atoms with Crippen LogP contribution in [0, 0.1) is 23.7 Å². The van der Waals surface area contributed by atoms with Crippen LogP contribution in [0.15, 0.2) is 0 Å². The molecule has 2 saturated carbocycles. The Kier molecular flexibility index (Phi) is 3.27. The summed E-state index contributed by atoms with van der Waals surface area (Å²) in [6.07, 6.45) is 13.0. The maximum atomic E-state index is 5.86. The Morgan fingerprint density at radius 2 is 1.77 bits per heavy atom. The summed E-state index contributed by atoms with van der Waals surface area (Å²) in [6, 6.07) is 0.473. The van der Waals surface area contributed by atoms with Crippen molar-refractivity contribution in [3.05, 3.63) is 0 Å². The van der Waals surface area contributed by atoms with E-state index in [1.165, 1.54) is 38.5 Å². The number of hydrogen-bond donors (Lipinski definition) is 1. The molecule has 1 spiro atoms. The van der Waals surface area contributed by atoms with E-state index < -0.39 is 0 Å². The Labute approximate surface area is 86.9 Å². The minimum absolute atomic E-state index is 0. The zero-order valence-electron chi connectivity index (χ0n) is 7.96. The fourth-order valence-corrected chi connectivity index (χ4v) is 2.76. The zero-order chi connectivity index (χ0) is 8.60. The van der Waals surface area contributed by atoms with Crippen molar-refractivity contribution in [2.45, 2.75) is 44.6 Å². The molecule has 0 aromatic carbocycles. The van der Waals surface area contributed by atoms with E-state index >= 15 is 0 Å². The lowest BCUT2D eigenvalue weighted by Gasteiger charge is -2.49. The summed E-state index contributed by atoms with van der Waals surface area (Å²) in [5.41, 5.74) is 6.49. The highest BCUT2D eigenvalue weighted by Gasteiger charge is 2.44. The van der Waals surface area contributed by atoms with Crippen molar-refractivity contribution in [1.82, 2.24) is 0 Å². The average Bonchev–Trinajstić information content (AvgIpc) is 2.02. The normalized spacial score (nSPS) is 43.1. The molecule has 0 unspecified atom stereocenters. The lowest BCUT2D eigenvalue weighted by Crippen LogP contribution is -2.42. The standard InChI is InChI=1S/C11H17N.ClH/c1-2-9-7-11(8-9)5-3-10(12)4-6-11;/h1,9-10H,3-8,12H2;1H. The van der Waals surface area contributed by atoms with Gasteiger partial charge in [-0.3, -0.25) is 0 Å². The molecule has 74 valence electrons. The minimum atomic E-state index is 0. The number of hydrogen-bond acceptors (Lipinski definition) is 1. The molecule has 1 nitrogen and oxygen atoms in total. The van der Waals surface area contributed by atoms with Crippen LogP contribution in [0.3, 0.4) is 0 Å². The summed E-state index contributed by atoms with van der Waals surface area (Å²) in [4.78, 5) is 0. The molecule has 2 heteroatoms. The molecule has 0 atom stereocenters. The molecule has 2 N–H and O–H groups in total. The maximum Gasteiger partial charge on any atom is 0.0210 e. The molecule has 0 bridgehead atoms. The van der Waals surface area contributed by atoms with E-state index in [0.29, 0.717) is 17.4 Å². The first-order valence-electron chi connectivity index (χ1n) is 4.96. The largest absolute Gasteiger partial charge is 0.328 e. The van der Waals surface area contributed by atoms with E-state index in [9.17, 15) is 0 Å². The highest BCUT2D eigenvalue weighted by atomic mass is 35.5. The number of rotatable bonds is 0. The molecule has 0 aromatic rings. The number of halogens is 1. The summed E-state index contributed by atoms with van der Waals surface area (Å²) < 4.78 is 0. The summed E-state index contributed by atoms with van der Waals surface area (Å²) in [7, 11) is 0. The molecule has 2 rings (SSSR count). The highest BCUT2D eigenvalue weighted by molar-refractivity contribution is 5.85. The van der Waals surface area contributed by atoms with Gasteiger partial charge in [0.05, 0.1) is 0 Å². The second-order valence-electron chi connectivity index (χ2n) is 4.61. The molecule has 2 aliphatic rings. The van der Waals surface area contributed by atoms with Crippen LogP contribution in [0.5, 0.6) is 0 Å². The second kappa shape index (κ2) is 3.90. The van der Waals surface area contributed by atoms with Gasteiger partial charge in [0, 0.05) is 12.0 Å². The van der Waals surface area contributed by atoms with Gasteiger partial charge in [-0.1, -0.05) is 0 Å². The predicted molar refractivity (Wildman–Crippen MR) is 57.7 cm³/mol. The van der Waals surface area contributed by atoms with Gasteiger partial charge in [0.2, 0.25) is 0 Å². The van der Waals surface area contributed by atoms with Crippen molar-refractivity contribution in [1.29, 1.82) is 0 Å². The smallest absolute Gasteiger partial charge is 0.0210 e. The summed E-state index contributed by atoms with van der Waals surface area (Å²) >= 11 is 0. The maximum absolute atomic E-state index is 5.86. The van der Waals surface area contributed by atoms with Crippen LogP contribution in [-0.4, -0.2) is 6.04 Å². The van der Waals surface area contributed by atoms with Crippen LogP contribution < -0.4 is 5.73 Å². The van der Waals surface area contributed by atoms with Gasteiger partial charge in [-0.25, -0.2) is 0 Å². The Hall–Kier alpha value is -0.190. The number of terminal acetylenes is 1. The first-order valence-corrected chi connectivity index (χ1v) is 4.96. The van der Waals surface area contributed by atoms with Crippen molar-refractivity contribution >= 4 is 12.4 Å².